The van der Waals surface area contributed by atoms with Gasteiger partial charge in [0.2, 0.25) is 11.1 Å². The zero-order chi connectivity index (χ0) is 12.8. The number of hydrogen-bond acceptors (Lipinski definition) is 4. The Morgan fingerprint density at radius 1 is 1.59 bits per heavy atom. The molecule has 0 saturated carbocycles. The SMILES string of the molecule is CNCCN(C)C(=O)CCc1c(C)noc1Cl. The van der Waals surface area contributed by atoms with E-state index in [2.05, 4.69) is 10.5 Å². The summed E-state index contributed by atoms with van der Waals surface area (Å²) < 4.78 is 4.83. The number of hydrogen-bond donors (Lipinski definition) is 1. The predicted molar refractivity (Wildman–Crippen MR) is 66.1 cm³/mol. The van der Waals surface area contributed by atoms with Gasteiger partial charge in [0.25, 0.3) is 0 Å². The summed E-state index contributed by atoms with van der Waals surface area (Å²) in [6.07, 6.45) is 0.985. The summed E-state index contributed by atoms with van der Waals surface area (Å²) in [5.41, 5.74) is 1.57. The highest BCUT2D eigenvalue weighted by atomic mass is 35.5. The zero-order valence-corrected chi connectivity index (χ0v) is 11.2. The third-order valence-corrected chi connectivity index (χ3v) is 2.95. The van der Waals surface area contributed by atoms with E-state index >= 15 is 0 Å². The molecule has 1 rings (SSSR count). The summed E-state index contributed by atoms with van der Waals surface area (Å²) in [6, 6.07) is 0. The smallest absolute Gasteiger partial charge is 0.229 e. The first-order valence-corrected chi connectivity index (χ1v) is 5.93. The first kappa shape index (κ1) is 14.0. The molecule has 1 amide bonds. The fourth-order valence-electron chi connectivity index (χ4n) is 1.47. The minimum atomic E-state index is 0.0944. The molecule has 5 nitrogen and oxygen atoms in total. The predicted octanol–water partition coefficient (Wildman–Crippen LogP) is 1.25. The van der Waals surface area contributed by atoms with E-state index in [0.29, 0.717) is 19.4 Å². The molecule has 1 N–H and O–H groups in total. The van der Waals surface area contributed by atoms with E-state index in [1.54, 1.807) is 11.9 Å². The number of aryl methyl sites for hydroxylation is 1. The van der Waals surface area contributed by atoms with Gasteiger partial charge in [-0.25, -0.2) is 0 Å². The molecule has 0 radical (unpaired) electrons. The molecule has 17 heavy (non-hydrogen) atoms. The summed E-state index contributed by atoms with van der Waals surface area (Å²) >= 11 is 5.83. The van der Waals surface area contributed by atoms with Gasteiger partial charge in [-0.05, 0) is 32.0 Å². The van der Waals surface area contributed by atoms with Gasteiger partial charge in [-0.1, -0.05) is 5.16 Å². The number of carbonyl (C=O) groups excluding carboxylic acids is 1. The number of likely N-dealkylation sites (N-methyl/N-ethyl adjacent to an activating group) is 2. The Labute approximate surface area is 106 Å². The van der Waals surface area contributed by atoms with Crippen molar-refractivity contribution in [3.8, 4) is 0 Å². The van der Waals surface area contributed by atoms with E-state index in [0.717, 1.165) is 17.8 Å². The second-order valence-electron chi connectivity index (χ2n) is 3.94. The monoisotopic (exact) mass is 259 g/mol. The maximum atomic E-state index is 11.8. The van der Waals surface area contributed by atoms with Crippen LogP contribution >= 0.6 is 11.6 Å². The molecule has 0 bridgehead atoms. The number of carbonyl (C=O) groups is 1. The van der Waals surface area contributed by atoms with Gasteiger partial charge in [0.1, 0.15) is 0 Å². The van der Waals surface area contributed by atoms with Crippen LogP contribution in [0.3, 0.4) is 0 Å². The van der Waals surface area contributed by atoms with Crippen LogP contribution in [-0.2, 0) is 11.2 Å². The fraction of sp³-hybridized carbons (Fsp3) is 0.636. The Kier molecular flexibility index (Phi) is 5.44. The molecule has 0 saturated heterocycles. The third kappa shape index (κ3) is 4.02. The van der Waals surface area contributed by atoms with Gasteiger partial charge in [0.05, 0.1) is 5.69 Å². The van der Waals surface area contributed by atoms with Crippen LogP contribution in [0.1, 0.15) is 17.7 Å². The molecule has 0 atom stereocenters. The molecular weight excluding hydrogens is 242 g/mol. The quantitative estimate of drug-likeness (QED) is 0.835. The fourth-order valence-corrected chi connectivity index (χ4v) is 1.73. The van der Waals surface area contributed by atoms with Crippen molar-refractivity contribution in [2.24, 2.45) is 0 Å². The van der Waals surface area contributed by atoms with Gasteiger partial charge in [-0.3, -0.25) is 4.79 Å². The Morgan fingerprint density at radius 3 is 2.82 bits per heavy atom. The van der Waals surface area contributed by atoms with Gasteiger partial charge in [-0.15, -0.1) is 0 Å². The number of aromatic nitrogens is 1. The van der Waals surface area contributed by atoms with Crippen LogP contribution in [0.2, 0.25) is 5.22 Å². The van der Waals surface area contributed by atoms with E-state index in [-0.39, 0.29) is 11.1 Å². The van der Waals surface area contributed by atoms with E-state index in [1.165, 1.54) is 0 Å². The summed E-state index contributed by atoms with van der Waals surface area (Å²) in [4.78, 5) is 13.5. The molecule has 0 unspecified atom stereocenters. The first-order valence-electron chi connectivity index (χ1n) is 5.55. The van der Waals surface area contributed by atoms with Crippen LogP contribution in [-0.4, -0.2) is 43.1 Å². The molecule has 1 heterocycles. The second kappa shape index (κ2) is 6.61. The van der Waals surface area contributed by atoms with Gasteiger partial charge in [-0.2, -0.15) is 0 Å². The van der Waals surface area contributed by atoms with Crippen LogP contribution in [0.4, 0.5) is 0 Å². The Morgan fingerprint density at radius 2 is 2.29 bits per heavy atom. The van der Waals surface area contributed by atoms with Crippen LogP contribution in [0.15, 0.2) is 4.52 Å². The number of nitrogens with zero attached hydrogens (tertiary/aromatic N) is 2. The minimum absolute atomic E-state index is 0.0944. The van der Waals surface area contributed by atoms with Crippen molar-refractivity contribution in [2.75, 3.05) is 27.2 Å². The highest BCUT2D eigenvalue weighted by molar-refractivity contribution is 6.29. The van der Waals surface area contributed by atoms with Crippen molar-refractivity contribution in [3.63, 3.8) is 0 Å². The van der Waals surface area contributed by atoms with Crippen LogP contribution in [0.5, 0.6) is 0 Å². The number of amides is 1. The minimum Gasteiger partial charge on any atom is -0.344 e. The Bertz CT molecular complexity index is 359. The van der Waals surface area contributed by atoms with Crippen LogP contribution < -0.4 is 5.32 Å². The largest absolute Gasteiger partial charge is 0.344 e. The van der Waals surface area contributed by atoms with Gasteiger partial charge in [0.15, 0.2) is 0 Å². The maximum Gasteiger partial charge on any atom is 0.229 e. The van der Waals surface area contributed by atoms with Crippen LogP contribution in [0.25, 0.3) is 0 Å². The van der Waals surface area contributed by atoms with Crippen molar-refractivity contribution < 1.29 is 9.32 Å². The summed E-state index contributed by atoms with van der Waals surface area (Å²) in [6.45, 7) is 3.31. The molecule has 0 fully saturated rings. The van der Waals surface area contributed by atoms with Gasteiger partial charge >= 0.3 is 0 Å². The average Bonchev–Trinajstić information content (AvgIpc) is 2.63. The lowest BCUT2D eigenvalue weighted by atomic mass is 10.1. The molecule has 1 aromatic heterocycles. The summed E-state index contributed by atoms with van der Waals surface area (Å²) in [5.74, 6) is 0.0944. The highest BCUT2D eigenvalue weighted by Crippen LogP contribution is 2.20. The Hall–Kier alpha value is -1.07. The number of rotatable bonds is 6. The average molecular weight is 260 g/mol. The number of nitrogens with one attached hydrogen (secondary N) is 1. The zero-order valence-electron chi connectivity index (χ0n) is 10.4. The molecule has 96 valence electrons. The maximum absolute atomic E-state index is 11.8. The van der Waals surface area contributed by atoms with Crippen molar-refractivity contribution in [2.45, 2.75) is 19.8 Å². The normalized spacial score (nSPS) is 10.6. The lowest BCUT2D eigenvalue weighted by Gasteiger charge is -2.16. The van der Waals surface area contributed by atoms with Crippen LogP contribution in [0, 0.1) is 6.92 Å². The summed E-state index contributed by atoms with van der Waals surface area (Å²) in [7, 11) is 3.65. The standard InChI is InChI=1S/C11H18ClN3O2/c1-8-9(11(12)17-14-8)4-5-10(16)15(3)7-6-13-2/h13H,4-7H2,1-3H3. The van der Waals surface area contributed by atoms with Gasteiger partial charge in [0, 0.05) is 32.1 Å². The van der Waals surface area contributed by atoms with E-state index in [1.807, 2.05) is 14.0 Å². The van der Waals surface area contributed by atoms with E-state index in [9.17, 15) is 4.79 Å². The van der Waals surface area contributed by atoms with Crippen molar-refractivity contribution >= 4 is 17.5 Å². The van der Waals surface area contributed by atoms with Crippen molar-refractivity contribution in [3.05, 3.63) is 16.5 Å². The lowest BCUT2D eigenvalue weighted by molar-refractivity contribution is -0.129. The lowest BCUT2D eigenvalue weighted by Crippen LogP contribution is -2.32. The van der Waals surface area contributed by atoms with E-state index in [4.69, 9.17) is 16.1 Å². The molecule has 0 spiro atoms. The highest BCUT2D eigenvalue weighted by Gasteiger charge is 2.14. The molecule has 0 aliphatic heterocycles. The van der Waals surface area contributed by atoms with Gasteiger partial charge < -0.3 is 14.7 Å². The topological polar surface area (TPSA) is 58.4 Å². The molecule has 1 aromatic rings. The molecular formula is C11H18ClN3O2. The second-order valence-corrected chi connectivity index (χ2v) is 4.28. The van der Waals surface area contributed by atoms with Crippen molar-refractivity contribution in [1.82, 2.24) is 15.4 Å². The third-order valence-electron chi connectivity index (χ3n) is 2.65. The van der Waals surface area contributed by atoms with E-state index < -0.39 is 0 Å². The van der Waals surface area contributed by atoms with Crippen molar-refractivity contribution in [1.29, 1.82) is 0 Å². The number of halogens is 1. The molecule has 0 aliphatic rings. The molecule has 0 aromatic carbocycles. The molecule has 6 heteroatoms. The first-order chi connectivity index (χ1) is 8.06. The summed E-state index contributed by atoms with van der Waals surface area (Å²) in [5, 5.41) is 7.03. The Balaban J connectivity index is 2.43. The molecule has 0 aliphatic carbocycles.